The molecule has 0 amide bonds. The van der Waals surface area contributed by atoms with Crippen LogP contribution in [-0.4, -0.2) is 51.0 Å². The molecule has 32 heavy (non-hydrogen) atoms. The van der Waals surface area contributed by atoms with Gasteiger partial charge in [-0.05, 0) is 55.7 Å². The van der Waals surface area contributed by atoms with Crippen molar-refractivity contribution < 1.29 is 13.2 Å². The molecule has 2 aromatic rings. The Hall–Kier alpha value is -2.47. The van der Waals surface area contributed by atoms with Gasteiger partial charge in [-0.25, -0.2) is 18.1 Å². The highest BCUT2D eigenvalue weighted by molar-refractivity contribution is 7.88. The van der Waals surface area contributed by atoms with E-state index in [0.717, 1.165) is 25.7 Å². The number of nitriles is 1. The number of pyridine rings is 1. The quantitative estimate of drug-likeness (QED) is 0.690. The second-order valence-corrected chi connectivity index (χ2v) is 10.6. The molecule has 1 N–H and O–H groups in total. The summed E-state index contributed by atoms with van der Waals surface area (Å²) in [4.78, 5) is 6.50. The van der Waals surface area contributed by atoms with Gasteiger partial charge in [-0.1, -0.05) is 30.3 Å². The van der Waals surface area contributed by atoms with Crippen molar-refractivity contribution in [1.29, 1.82) is 5.26 Å². The molecule has 0 unspecified atom stereocenters. The van der Waals surface area contributed by atoms with Gasteiger partial charge in [-0.3, -0.25) is 0 Å². The van der Waals surface area contributed by atoms with Crippen molar-refractivity contribution in [2.24, 2.45) is 0 Å². The highest BCUT2D eigenvalue weighted by atomic mass is 32.2. The molecule has 1 aromatic carbocycles. The van der Waals surface area contributed by atoms with Crippen molar-refractivity contribution in [2.45, 2.75) is 56.2 Å². The maximum absolute atomic E-state index is 11.9. The first kappa shape index (κ1) is 22.7. The van der Waals surface area contributed by atoms with Crippen LogP contribution in [0, 0.1) is 11.3 Å². The zero-order valence-electron chi connectivity index (χ0n) is 18.4. The number of anilines is 1. The smallest absolute Gasteiger partial charge is 0.209 e. The molecule has 7 nitrogen and oxygen atoms in total. The molecule has 0 radical (unpaired) electrons. The summed E-state index contributed by atoms with van der Waals surface area (Å²) in [5.41, 5.74) is 1.93. The topological polar surface area (TPSA) is 95.3 Å². The van der Waals surface area contributed by atoms with Crippen LogP contribution < -0.4 is 9.62 Å². The molecular formula is C24H30N4O3S. The Morgan fingerprint density at radius 3 is 2.59 bits per heavy atom. The monoisotopic (exact) mass is 454 g/mol. The van der Waals surface area contributed by atoms with Crippen LogP contribution in [0.2, 0.25) is 0 Å². The maximum Gasteiger partial charge on any atom is 0.209 e. The lowest BCUT2D eigenvalue weighted by molar-refractivity contribution is 0.0156. The van der Waals surface area contributed by atoms with Gasteiger partial charge in [0.25, 0.3) is 0 Å². The normalized spacial score (nSPS) is 26.1. The minimum Gasteiger partial charge on any atom is -0.376 e. The van der Waals surface area contributed by atoms with Gasteiger partial charge in [-0.15, -0.1) is 0 Å². The fourth-order valence-electron chi connectivity index (χ4n) is 4.92. The van der Waals surface area contributed by atoms with Crippen molar-refractivity contribution in [3.63, 3.8) is 0 Å². The summed E-state index contributed by atoms with van der Waals surface area (Å²) in [5, 5.41) is 9.24. The van der Waals surface area contributed by atoms with Crippen molar-refractivity contribution in [1.82, 2.24) is 9.71 Å². The molecule has 1 saturated heterocycles. The van der Waals surface area contributed by atoms with Gasteiger partial charge >= 0.3 is 0 Å². The van der Waals surface area contributed by atoms with Crippen molar-refractivity contribution in [2.75, 3.05) is 24.3 Å². The number of hydrogen-bond donors (Lipinski definition) is 1. The third-order valence-corrected chi connectivity index (χ3v) is 7.26. The highest BCUT2D eigenvalue weighted by Crippen LogP contribution is 2.34. The summed E-state index contributed by atoms with van der Waals surface area (Å²) in [6, 6.07) is 15.8. The third kappa shape index (κ3) is 5.66. The fourth-order valence-corrected chi connectivity index (χ4v) is 5.75. The lowest BCUT2D eigenvalue weighted by Crippen LogP contribution is -2.48. The van der Waals surface area contributed by atoms with E-state index < -0.39 is 10.0 Å². The van der Waals surface area contributed by atoms with Crippen LogP contribution in [0.15, 0.2) is 48.7 Å². The van der Waals surface area contributed by atoms with Crippen molar-refractivity contribution >= 4 is 15.8 Å². The van der Waals surface area contributed by atoms with Gasteiger partial charge in [0, 0.05) is 18.8 Å². The molecule has 0 spiro atoms. The first-order valence-corrected chi connectivity index (χ1v) is 13.1. The van der Waals surface area contributed by atoms with Crippen LogP contribution in [0.5, 0.6) is 0 Å². The molecule has 2 aliphatic rings. The Labute approximate surface area is 190 Å². The van der Waals surface area contributed by atoms with E-state index in [4.69, 9.17) is 4.74 Å². The Bertz CT molecular complexity index is 1050. The Kier molecular flexibility index (Phi) is 7.09. The van der Waals surface area contributed by atoms with Gasteiger partial charge in [0.05, 0.1) is 36.6 Å². The number of sulfonamides is 1. The number of nitrogens with zero attached hydrogens (tertiary/aromatic N) is 3. The summed E-state index contributed by atoms with van der Waals surface area (Å²) < 4.78 is 33.0. The summed E-state index contributed by atoms with van der Waals surface area (Å²) in [7, 11) is -3.34. The van der Waals surface area contributed by atoms with Crippen molar-refractivity contribution in [3.05, 3.63) is 59.8 Å². The molecule has 2 heterocycles. The molecule has 1 aliphatic heterocycles. The molecule has 1 saturated carbocycles. The molecular weight excluding hydrogens is 424 g/mol. The largest absolute Gasteiger partial charge is 0.376 e. The summed E-state index contributed by atoms with van der Waals surface area (Å²) >= 11 is 0. The van der Waals surface area contributed by atoms with Gasteiger partial charge < -0.3 is 9.64 Å². The predicted molar refractivity (Wildman–Crippen MR) is 124 cm³/mol. The van der Waals surface area contributed by atoms with Crippen LogP contribution in [0.4, 0.5) is 5.82 Å². The molecule has 8 heteroatoms. The molecule has 1 aliphatic carbocycles. The van der Waals surface area contributed by atoms with E-state index >= 15 is 0 Å². The summed E-state index contributed by atoms with van der Waals surface area (Å²) in [5.74, 6) is 1.26. The number of rotatable bonds is 7. The van der Waals surface area contributed by atoms with Gasteiger partial charge in [0.1, 0.15) is 5.82 Å². The fraction of sp³-hybridized carbons (Fsp3) is 0.500. The third-order valence-electron chi connectivity index (χ3n) is 6.53. The molecule has 1 aromatic heterocycles. The average molecular weight is 455 g/mol. The summed E-state index contributed by atoms with van der Waals surface area (Å²) in [6.45, 7) is 1.08. The van der Waals surface area contributed by atoms with E-state index in [9.17, 15) is 13.7 Å². The second-order valence-electron chi connectivity index (χ2n) is 8.78. The van der Waals surface area contributed by atoms with Crippen molar-refractivity contribution in [3.8, 4) is 6.07 Å². The predicted octanol–water partition coefficient (Wildman–Crippen LogP) is 3.19. The standard InChI is InChI=1S/C24H30N4O3S/c1-32(29,30)27-22-12-14-28(24-15-18(16-25)11-13-26-24)23(22)17-31-21-9-7-20(8-10-21)19-5-3-2-4-6-19/h2-6,11,13,15,20-23,27H,7-10,12,14,17H2,1H3/t20?,21?,22-,23-/m0/s1. The zero-order valence-corrected chi connectivity index (χ0v) is 19.2. The lowest BCUT2D eigenvalue weighted by Gasteiger charge is -2.33. The number of nitrogens with one attached hydrogen (secondary N) is 1. The van der Waals surface area contributed by atoms with Gasteiger partial charge in [0.15, 0.2) is 0 Å². The zero-order chi connectivity index (χ0) is 22.6. The van der Waals surface area contributed by atoms with Gasteiger partial charge in [-0.2, -0.15) is 5.26 Å². The van der Waals surface area contributed by atoms with Crippen LogP contribution in [0.1, 0.15) is 49.1 Å². The number of ether oxygens (including phenoxy) is 1. The summed E-state index contributed by atoms with van der Waals surface area (Å²) in [6.07, 6.45) is 7.84. The van der Waals surface area contributed by atoms with Crippen LogP contribution in [0.25, 0.3) is 0 Å². The van der Waals surface area contributed by atoms with E-state index in [1.807, 2.05) is 6.07 Å². The van der Waals surface area contributed by atoms with Crippen LogP contribution >= 0.6 is 0 Å². The number of hydrogen-bond acceptors (Lipinski definition) is 6. The minimum atomic E-state index is -3.34. The van der Waals surface area contributed by atoms with E-state index in [1.165, 1.54) is 11.8 Å². The lowest BCUT2D eigenvalue weighted by atomic mass is 9.83. The molecule has 170 valence electrons. The first-order valence-electron chi connectivity index (χ1n) is 11.2. The number of aromatic nitrogens is 1. The Morgan fingerprint density at radius 1 is 1.16 bits per heavy atom. The van der Waals surface area contributed by atoms with Gasteiger partial charge in [0.2, 0.25) is 10.0 Å². The molecule has 4 rings (SSSR count). The number of benzene rings is 1. The SMILES string of the molecule is CS(=O)(=O)N[C@H]1CCN(c2cc(C#N)ccn2)[C@H]1COC1CCC(c2ccccc2)CC1. The maximum atomic E-state index is 11.9. The van der Waals surface area contributed by atoms with E-state index in [2.05, 4.69) is 44.9 Å². The Balaban J connectivity index is 1.41. The minimum absolute atomic E-state index is 0.169. The first-order chi connectivity index (χ1) is 15.4. The van der Waals surface area contributed by atoms with Crippen LogP contribution in [-0.2, 0) is 14.8 Å². The van der Waals surface area contributed by atoms with E-state index in [-0.39, 0.29) is 18.2 Å². The molecule has 2 fully saturated rings. The Morgan fingerprint density at radius 2 is 1.91 bits per heavy atom. The van der Waals surface area contributed by atoms with Crippen LogP contribution in [0.3, 0.4) is 0 Å². The second kappa shape index (κ2) is 9.99. The highest BCUT2D eigenvalue weighted by Gasteiger charge is 2.37. The van der Waals surface area contributed by atoms with E-state index in [1.54, 1.807) is 18.3 Å². The molecule has 0 bridgehead atoms. The average Bonchev–Trinajstić information content (AvgIpc) is 3.19. The van der Waals surface area contributed by atoms with E-state index in [0.29, 0.717) is 36.9 Å². The molecule has 2 atom stereocenters.